The number of para-hydroxylation sites is 2. The van der Waals surface area contributed by atoms with Crippen LogP contribution in [0.15, 0.2) is 36.5 Å². The average molecular weight is 309 g/mol. The van der Waals surface area contributed by atoms with E-state index >= 15 is 0 Å². The van der Waals surface area contributed by atoms with Crippen LogP contribution in [0.1, 0.15) is 35.1 Å². The van der Waals surface area contributed by atoms with Gasteiger partial charge in [-0.3, -0.25) is 9.48 Å². The predicted octanol–water partition coefficient (Wildman–Crippen LogP) is 2.32. The number of H-pyrrole nitrogens is 1. The smallest absolute Gasteiger partial charge is 0.272 e. The molecule has 0 bridgehead atoms. The Morgan fingerprint density at radius 1 is 1.30 bits per heavy atom. The van der Waals surface area contributed by atoms with E-state index in [0.717, 1.165) is 36.2 Å². The van der Waals surface area contributed by atoms with Crippen molar-refractivity contribution in [3.63, 3.8) is 0 Å². The topological polar surface area (TPSA) is 66.8 Å². The third-order valence-corrected chi connectivity index (χ3v) is 4.54. The highest BCUT2D eigenvalue weighted by atomic mass is 16.2. The van der Waals surface area contributed by atoms with Crippen molar-refractivity contribution in [3.8, 4) is 0 Å². The molecular weight excluding hydrogens is 290 g/mol. The fourth-order valence-electron chi connectivity index (χ4n) is 3.30. The standard InChI is InChI=1S/C17H19N5O/c1-21-15(8-9-18-21)17(23)22-10-4-5-12(11-22)16-19-13-6-2-3-7-14(13)20-16/h2-3,6-9,12H,4-5,10-11H2,1H3,(H,19,20). The van der Waals surface area contributed by atoms with Crippen LogP contribution in [0.5, 0.6) is 0 Å². The number of rotatable bonds is 2. The summed E-state index contributed by atoms with van der Waals surface area (Å²) in [7, 11) is 1.80. The van der Waals surface area contributed by atoms with E-state index in [1.54, 1.807) is 24.0 Å². The van der Waals surface area contributed by atoms with Gasteiger partial charge >= 0.3 is 0 Å². The Morgan fingerprint density at radius 3 is 2.96 bits per heavy atom. The molecule has 4 rings (SSSR count). The fourth-order valence-corrected chi connectivity index (χ4v) is 3.30. The number of aromatic amines is 1. The monoisotopic (exact) mass is 309 g/mol. The van der Waals surface area contributed by atoms with Crippen LogP contribution in [-0.4, -0.2) is 43.6 Å². The van der Waals surface area contributed by atoms with Crippen molar-refractivity contribution >= 4 is 16.9 Å². The third kappa shape index (κ3) is 2.50. The van der Waals surface area contributed by atoms with Crippen molar-refractivity contribution in [2.45, 2.75) is 18.8 Å². The molecule has 3 heterocycles. The molecule has 1 atom stereocenters. The first-order valence-corrected chi connectivity index (χ1v) is 7.94. The lowest BCUT2D eigenvalue weighted by Gasteiger charge is -2.31. The first-order valence-electron chi connectivity index (χ1n) is 7.94. The number of carbonyl (C=O) groups is 1. The Morgan fingerprint density at radius 2 is 2.17 bits per heavy atom. The number of amides is 1. The van der Waals surface area contributed by atoms with Gasteiger partial charge in [0.2, 0.25) is 0 Å². The molecule has 3 aromatic rings. The van der Waals surface area contributed by atoms with Crippen LogP contribution in [0.4, 0.5) is 0 Å². The maximum atomic E-state index is 12.7. The van der Waals surface area contributed by atoms with Gasteiger partial charge in [0.15, 0.2) is 0 Å². The number of nitrogens with one attached hydrogen (secondary N) is 1. The van der Waals surface area contributed by atoms with E-state index in [1.807, 2.05) is 29.2 Å². The Balaban J connectivity index is 1.57. The molecule has 0 radical (unpaired) electrons. The highest BCUT2D eigenvalue weighted by Gasteiger charge is 2.28. The van der Waals surface area contributed by atoms with Crippen molar-refractivity contribution in [3.05, 3.63) is 48.0 Å². The highest BCUT2D eigenvalue weighted by molar-refractivity contribution is 5.92. The maximum absolute atomic E-state index is 12.7. The summed E-state index contributed by atoms with van der Waals surface area (Å²) in [6.07, 6.45) is 3.70. The quantitative estimate of drug-likeness (QED) is 0.790. The van der Waals surface area contributed by atoms with Crippen molar-refractivity contribution in [1.29, 1.82) is 0 Å². The number of aromatic nitrogens is 4. The SMILES string of the molecule is Cn1nccc1C(=O)N1CCCC(c2nc3ccccc3[nH]2)C1. The molecule has 23 heavy (non-hydrogen) atoms. The zero-order valence-corrected chi connectivity index (χ0v) is 13.1. The molecule has 1 N–H and O–H groups in total. The molecule has 6 heteroatoms. The number of piperidine rings is 1. The molecule has 1 amide bonds. The lowest BCUT2D eigenvalue weighted by molar-refractivity contribution is 0.0693. The third-order valence-electron chi connectivity index (χ3n) is 4.54. The number of aryl methyl sites for hydroxylation is 1. The molecule has 118 valence electrons. The van der Waals surface area contributed by atoms with Crippen LogP contribution in [0, 0.1) is 0 Å². The summed E-state index contributed by atoms with van der Waals surface area (Å²) in [5.41, 5.74) is 2.67. The Kier molecular flexibility index (Phi) is 3.37. The minimum atomic E-state index is 0.0470. The zero-order chi connectivity index (χ0) is 15.8. The molecule has 0 spiro atoms. The molecule has 0 aliphatic carbocycles. The van der Waals surface area contributed by atoms with Crippen molar-refractivity contribution in [2.75, 3.05) is 13.1 Å². The fraction of sp³-hybridized carbons (Fsp3) is 0.353. The Hall–Kier alpha value is -2.63. The largest absolute Gasteiger partial charge is 0.342 e. The van der Waals surface area contributed by atoms with Crippen LogP contribution in [0.3, 0.4) is 0 Å². The molecule has 1 aliphatic rings. The van der Waals surface area contributed by atoms with Crippen LogP contribution >= 0.6 is 0 Å². The molecular formula is C17H19N5O. The van der Waals surface area contributed by atoms with Gasteiger partial charge in [-0.25, -0.2) is 4.98 Å². The molecule has 1 saturated heterocycles. The summed E-state index contributed by atoms with van der Waals surface area (Å²) in [5, 5.41) is 4.09. The van der Waals surface area contributed by atoms with Gasteiger partial charge in [0.1, 0.15) is 11.5 Å². The van der Waals surface area contributed by atoms with Crippen molar-refractivity contribution in [1.82, 2.24) is 24.6 Å². The van der Waals surface area contributed by atoms with Gasteiger partial charge in [-0.15, -0.1) is 0 Å². The van der Waals surface area contributed by atoms with Crippen LogP contribution in [0.25, 0.3) is 11.0 Å². The van der Waals surface area contributed by atoms with Gasteiger partial charge in [0.25, 0.3) is 5.91 Å². The van der Waals surface area contributed by atoms with Gasteiger partial charge in [0, 0.05) is 32.3 Å². The highest BCUT2D eigenvalue weighted by Crippen LogP contribution is 2.27. The van der Waals surface area contributed by atoms with Crippen LogP contribution in [0.2, 0.25) is 0 Å². The van der Waals surface area contributed by atoms with Crippen LogP contribution < -0.4 is 0 Å². The second kappa shape index (κ2) is 5.53. The van der Waals surface area contributed by atoms with Gasteiger partial charge in [-0.05, 0) is 31.0 Å². The molecule has 1 fully saturated rings. The van der Waals surface area contributed by atoms with Gasteiger partial charge < -0.3 is 9.88 Å². The lowest BCUT2D eigenvalue weighted by Crippen LogP contribution is -2.40. The molecule has 1 unspecified atom stereocenters. The summed E-state index contributed by atoms with van der Waals surface area (Å²) < 4.78 is 1.63. The number of benzene rings is 1. The number of imidazole rings is 1. The van der Waals surface area contributed by atoms with E-state index in [1.165, 1.54) is 0 Å². The number of hydrogen-bond acceptors (Lipinski definition) is 3. The van der Waals surface area contributed by atoms with E-state index in [-0.39, 0.29) is 11.8 Å². The van der Waals surface area contributed by atoms with E-state index in [9.17, 15) is 4.79 Å². The van der Waals surface area contributed by atoms with E-state index < -0.39 is 0 Å². The molecule has 0 saturated carbocycles. The number of likely N-dealkylation sites (tertiary alicyclic amines) is 1. The van der Waals surface area contributed by atoms with Gasteiger partial charge in [-0.2, -0.15) is 5.10 Å². The minimum absolute atomic E-state index is 0.0470. The molecule has 1 aromatic carbocycles. The zero-order valence-electron chi connectivity index (χ0n) is 13.1. The van der Waals surface area contributed by atoms with Gasteiger partial charge in [-0.1, -0.05) is 12.1 Å². The second-order valence-corrected chi connectivity index (χ2v) is 6.07. The maximum Gasteiger partial charge on any atom is 0.272 e. The lowest BCUT2D eigenvalue weighted by atomic mass is 9.97. The molecule has 6 nitrogen and oxygen atoms in total. The molecule has 2 aromatic heterocycles. The minimum Gasteiger partial charge on any atom is -0.342 e. The first kappa shape index (κ1) is 14.0. The number of carbonyl (C=O) groups excluding carboxylic acids is 1. The number of fused-ring (bicyclic) bond motifs is 1. The molecule has 1 aliphatic heterocycles. The van der Waals surface area contributed by atoms with E-state index in [2.05, 4.69) is 10.1 Å². The average Bonchev–Trinajstić information content (AvgIpc) is 3.20. The number of nitrogens with zero attached hydrogens (tertiary/aromatic N) is 4. The summed E-state index contributed by atoms with van der Waals surface area (Å²) in [4.78, 5) is 22.7. The Labute approximate surface area is 134 Å². The summed E-state index contributed by atoms with van der Waals surface area (Å²) in [6, 6.07) is 9.81. The summed E-state index contributed by atoms with van der Waals surface area (Å²) in [6.45, 7) is 1.49. The van der Waals surface area contributed by atoms with E-state index in [4.69, 9.17) is 4.98 Å². The van der Waals surface area contributed by atoms with Crippen molar-refractivity contribution < 1.29 is 4.79 Å². The van der Waals surface area contributed by atoms with Crippen LogP contribution in [-0.2, 0) is 7.05 Å². The summed E-state index contributed by atoms with van der Waals surface area (Å²) >= 11 is 0. The first-order chi connectivity index (χ1) is 11.2. The predicted molar refractivity (Wildman–Crippen MR) is 87.2 cm³/mol. The number of hydrogen-bond donors (Lipinski definition) is 1. The van der Waals surface area contributed by atoms with Crippen molar-refractivity contribution in [2.24, 2.45) is 7.05 Å². The normalized spacial score (nSPS) is 18.5. The second-order valence-electron chi connectivity index (χ2n) is 6.07. The van der Waals surface area contributed by atoms with E-state index in [0.29, 0.717) is 12.2 Å². The summed E-state index contributed by atoms with van der Waals surface area (Å²) in [5.74, 6) is 1.29. The van der Waals surface area contributed by atoms with Gasteiger partial charge in [0.05, 0.1) is 11.0 Å². The Bertz CT molecular complexity index is 816.